The van der Waals surface area contributed by atoms with Gasteiger partial charge in [-0.25, -0.2) is 4.98 Å². The number of rotatable bonds is 4. The smallest absolute Gasteiger partial charge is 0.272 e. The number of nitrogens with one attached hydrogen (secondary N) is 1. The first-order chi connectivity index (χ1) is 8.77. The highest BCUT2D eigenvalue weighted by Gasteiger charge is 2.12. The van der Waals surface area contributed by atoms with Crippen LogP contribution in [-0.2, 0) is 4.74 Å². The van der Waals surface area contributed by atoms with Crippen molar-refractivity contribution in [2.24, 2.45) is 0 Å². The van der Waals surface area contributed by atoms with E-state index >= 15 is 0 Å². The minimum Gasteiger partial charge on any atom is -0.397 e. The monoisotopic (exact) mass is 250 g/mol. The van der Waals surface area contributed by atoms with Gasteiger partial charge in [-0.1, -0.05) is 0 Å². The summed E-state index contributed by atoms with van der Waals surface area (Å²) in [6.07, 6.45) is 1.56. The molecule has 3 N–H and O–H groups in total. The summed E-state index contributed by atoms with van der Waals surface area (Å²) in [7, 11) is 0. The summed E-state index contributed by atoms with van der Waals surface area (Å²) >= 11 is 0. The molecule has 18 heavy (non-hydrogen) atoms. The van der Waals surface area contributed by atoms with E-state index in [2.05, 4.69) is 15.2 Å². The van der Waals surface area contributed by atoms with Crippen LogP contribution in [0.5, 0.6) is 0 Å². The number of anilines is 1. The second-order valence-electron chi connectivity index (χ2n) is 4.15. The Labute approximate surface area is 106 Å². The molecular weight excluding hydrogens is 232 g/mol. The number of nitrogens with zero attached hydrogens (tertiary/aromatic N) is 2. The third-order valence-electron chi connectivity index (χ3n) is 2.87. The number of amides is 1. The van der Waals surface area contributed by atoms with E-state index < -0.39 is 0 Å². The lowest BCUT2D eigenvalue weighted by molar-refractivity contribution is 0.0383. The first-order valence-electron chi connectivity index (χ1n) is 6.06. The molecule has 1 aromatic rings. The summed E-state index contributed by atoms with van der Waals surface area (Å²) in [6, 6.07) is 3.38. The summed E-state index contributed by atoms with van der Waals surface area (Å²) in [5.74, 6) is -0.221. The van der Waals surface area contributed by atoms with Gasteiger partial charge in [-0.2, -0.15) is 0 Å². The summed E-state index contributed by atoms with van der Waals surface area (Å²) in [5, 5.41) is 2.82. The van der Waals surface area contributed by atoms with Crippen molar-refractivity contribution in [3.8, 4) is 0 Å². The Morgan fingerprint density at radius 2 is 2.28 bits per heavy atom. The molecule has 0 bridgehead atoms. The second-order valence-corrected chi connectivity index (χ2v) is 4.15. The van der Waals surface area contributed by atoms with E-state index in [4.69, 9.17) is 10.5 Å². The summed E-state index contributed by atoms with van der Waals surface area (Å²) < 4.78 is 5.26. The molecule has 6 heteroatoms. The zero-order chi connectivity index (χ0) is 12.8. The van der Waals surface area contributed by atoms with Crippen molar-refractivity contribution in [3.63, 3.8) is 0 Å². The van der Waals surface area contributed by atoms with E-state index in [1.807, 2.05) is 0 Å². The van der Waals surface area contributed by atoms with E-state index in [-0.39, 0.29) is 5.91 Å². The third kappa shape index (κ3) is 3.41. The lowest BCUT2D eigenvalue weighted by Crippen LogP contribution is -2.41. The van der Waals surface area contributed by atoms with Crippen LogP contribution in [-0.4, -0.2) is 55.2 Å². The first kappa shape index (κ1) is 12.8. The molecule has 2 heterocycles. The molecule has 0 aliphatic carbocycles. The maximum atomic E-state index is 11.8. The van der Waals surface area contributed by atoms with Crippen molar-refractivity contribution >= 4 is 11.6 Å². The zero-order valence-electron chi connectivity index (χ0n) is 10.3. The summed E-state index contributed by atoms with van der Waals surface area (Å²) in [5.41, 5.74) is 6.38. The fourth-order valence-electron chi connectivity index (χ4n) is 1.84. The predicted molar refractivity (Wildman–Crippen MR) is 68.2 cm³/mol. The van der Waals surface area contributed by atoms with Crippen LogP contribution in [0.1, 0.15) is 10.5 Å². The summed E-state index contributed by atoms with van der Waals surface area (Å²) in [4.78, 5) is 18.0. The van der Waals surface area contributed by atoms with Gasteiger partial charge in [0.1, 0.15) is 0 Å². The molecule has 1 aliphatic heterocycles. The number of aromatic nitrogens is 1. The van der Waals surface area contributed by atoms with Crippen LogP contribution in [0.3, 0.4) is 0 Å². The number of hydrogen-bond donors (Lipinski definition) is 2. The van der Waals surface area contributed by atoms with E-state index in [0.717, 1.165) is 32.8 Å². The molecule has 1 aliphatic rings. The topological polar surface area (TPSA) is 80.5 Å². The van der Waals surface area contributed by atoms with Gasteiger partial charge in [-0.3, -0.25) is 9.69 Å². The van der Waals surface area contributed by atoms with Crippen molar-refractivity contribution in [2.45, 2.75) is 0 Å². The Morgan fingerprint density at radius 1 is 1.50 bits per heavy atom. The minimum atomic E-state index is -0.221. The molecule has 2 rings (SSSR count). The third-order valence-corrected chi connectivity index (χ3v) is 2.87. The van der Waals surface area contributed by atoms with Crippen molar-refractivity contribution in [1.82, 2.24) is 15.2 Å². The lowest BCUT2D eigenvalue weighted by Gasteiger charge is -2.26. The average Bonchev–Trinajstić information content (AvgIpc) is 2.40. The molecule has 1 aromatic heterocycles. The molecule has 6 nitrogen and oxygen atoms in total. The Kier molecular flexibility index (Phi) is 4.49. The van der Waals surface area contributed by atoms with Crippen LogP contribution >= 0.6 is 0 Å². The number of pyridine rings is 1. The zero-order valence-corrected chi connectivity index (χ0v) is 10.3. The standard InChI is InChI=1S/C12H18N4O2/c13-10-2-1-3-14-11(10)12(17)15-4-5-16-6-8-18-9-7-16/h1-3H,4-9,13H2,(H,15,17). The molecular formula is C12H18N4O2. The maximum Gasteiger partial charge on any atom is 0.272 e. The van der Waals surface area contributed by atoms with E-state index in [1.165, 1.54) is 0 Å². The van der Waals surface area contributed by atoms with Crippen LogP contribution in [0.2, 0.25) is 0 Å². The number of morpholine rings is 1. The van der Waals surface area contributed by atoms with Gasteiger partial charge in [0.15, 0.2) is 5.69 Å². The van der Waals surface area contributed by atoms with Crippen LogP contribution < -0.4 is 11.1 Å². The normalized spacial score (nSPS) is 16.4. The number of hydrogen-bond acceptors (Lipinski definition) is 5. The average molecular weight is 250 g/mol. The highest BCUT2D eigenvalue weighted by Crippen LogP contribution is 2.06. The van der Waals surface area contributed by atoms with E-state index in [1.54, 1.807) is 18.3 Å². The minimum absolute atomic E-state index is 0.221. The quantitative estimate of drug-likeness (QED) is 0.768. The lowest BCUT2D eigenvalue weighted by atomic mass is 10.3. The highest BCUT2D eigenvalue weighted by molar-refractivity contribution is 5.96. The van der Waals surface area contributed by atoms with Crippen molar-refractivity contribution < 1.29 is 9.53 Å². The van der Waals surface area contributed by atoms with Gasteiger partial charge in [-0.15, -0.1) is 0 Å². The summed E-state index contributed by atoms with van der Waals surface area (Å²) in [6.45, 7) is 4.78. The molecule has 0 saturated carbocycles. The highest BCUT2D eigenvalue weighted by atomic mass is 16.5. The van der Waals surface area contributed by atoms with Gasteiger partial charge in [-0.05, 0) is 12.1 Å². The second kappa shape index (κ2) is 6.32. The molecule has 1 amide bonds. The van der Waals surface area contributed by atoms with Crippen LogP contribution in [0.15, 0.2) is 18.3 Å². The predicted octanol–water partition coefficient (Wildman–Crippen LogP) is -0.274. The van der Waals surface area contributed by atoms with Crippen LogP contribution in [0.25, 0.3) is 0 Å². The Bertz CT molecular complexity index is 405. The number of carbonyl (C=O) groups excluding carboxylic acids is 1. The van der Waals surface area contributed by atoms with Gasteiger partial charge >= 0.3 is 0 Å². The molecule has 0 aromatic carbocycles. The SMILES string of the molecule is Nc1cccnc1C(=O)NCCN1CCOCC1. The van der Waals surface area contributed by atoms with E-state index in [0.29, 0.717) is 17.9 Å². The Balaban J connectivity index is 1.76. The fraction of sp³-hybridized carbons (Fsp3) is 0.500. The van der Waals surface area contributed by atoms with Crippen molar-refractivity contribution in [1.29, 1.82) is 0 Å². The number of carbonyl (C=O) groups is 1. The van der Waals surface area contributed by atoms with Crippen LogP contribution in [0.4, 0.5) is 5.69 Å². The largest absolute Gasteiger partial charge is 0.397 e. The molecule has 0 unspecified atom stereocenters. The van der Waals surface area contributed by atoms with E-state index in [9.17, 15) is 4.79 Å². The van der Waals surface area contributed by atoms with Crippen LogP contribution in [0, 0.1) is 0 Å². The number of ether oxygens (including phenoxy) is 1. The molecule has 0 radical (unpaired) electrons. The van der Waals surface area contributed by atoms with Crippen molar-refractivity contribution in [2.75, 3.05) is 45.1 Å². The molecule has 1 fully saturated rings. The Morgan fingerprint density at radius 3 is 3.00 bits per heavy atom. The fourth-order valence-corrected chi connectivity index (χ4v) is 1.84. The number of nitrogen functional groups attached to an aromatic ring is 1. The molecule has 1 saturated heterocycles. The van der Waals surface area contributed by atoms with Gasteiger partial charge in [0.25, 0.3) is 5.91 Å². The van der Waals surface area contributed by atoms with Gasteiger partial charge in [0.05, 0.1) is 18.9 Å². The molecule has 98 valence electrons. The Hall–Kier alpha value is -1.66. The maximum absolute atomic E-state index is 11.8. The number of nitrogens with two attached hydrogens (primary N) is 1. The first-order valence-corrected chi connectivity index (χ1v) is 6.06. The molecule has 0 atom stereocenters. The van der Waals surface area contributed by atoms with Gasteiger partial charge in [0, 0.05) is 32.4 Å². The van der Waals surface area contributed by atoms with Gasteiger partial charge < -0.3 is 15.8 Å². The molecule has 0 spiro atoms. The van der Waals surface area contributed by atoms with Gasteiger partial charge in [0.2, 0.25) is 0 Å². The van der Waals surface area contributed by atoms with Crippen molar-refractivity contribution in [3.05, 3.63) is 24.0 Å².